The van der Waals surface area contributed by atoms with Crippen LogP contribution >= 0.6 is 11.6 Å². The first kappa shape index (κ1) is 12.9. The summed E-state index contributed by atoms with van der Waals surface area (Å²) in [6, 6.07) is 2.03. The van der Waals surface area contributed by atoms with Crippen LogP contribution in [0.15, 0.2) is 12.1 Å². The molecule has 0 bridgehead atoms. The van der Waals surface area contributed by atoms with Gasteiger partial charge in [-0.2, -0.15) is 4.39 Å². The molecule has 0 unspecified atom stereocenters. The van der Waals surface area contributed by atoms with Crippen LogP contribution in [-0.4, -0.2) is 11.0 Å². The van der Waals surface area contributed by atoms with Gasteiger partial charge in [-0.1, -0.05) is 11.6 Å². The van der Waals surface area contributed by atoms with Crippen molar-refractivity contribution < 1.29 is 14.1 Å². The maximum absolute atomic E-state index is 13.1. The summed E-state index contributed by atoms with van der Waals surface area (Å²) in [7, 11) is 0. The van der Waals surface area contributed by atoms with E-state index in [2.05, 4.69) is 0 Å². The molecule has 0 spiro atoms. The molecule has 0 amide bonds. The predicted molar refractivity (Wildman–Crippen MR) is 58.0 cm³/mol. The van der Waals surface area contributed by atoms with Crippen molar-refractivity contribution in [3.63, 3.8) is 0 Å². The van der Waals surface area contributed by atoms with E-state index in [-0.39, 0.29) is 17.7 Å². The third kappa shape index (κ3) is 3.15. The Morgan fingerprint density at radius 2 is 2.19 bits per heavy atom. The standard InChI is InChI=1S/C10H11ClFNO3/c1-6(2)16-5-7-3-10(13(14)15)9(12)4-8(7)11/h3-4,6H,5H2,1-2H3. The van der Waals surface area contributed by atoms with Gasteiger partial charge in [-0.15, -0.1) is 0 Å². The number of nitro groups is 1. The molecule has 0 fully saturated rings. The number of nitro benzene ring substituents is 1. The SMILES string of the molecule is CC(C)OCc1cc([N+](=O)[O-])c(F)cc1Cl. The first-order valence-corrected chi connectivity index (χ1v) is 5.03. The van der Waals surface area contributed by atoms with Gasteiger partial charge >= 0.3 is 5.69 Å². The molecule has 0 aliphatic rings. The van der Waals surface area contributed by atoms with Crippen molar-refractivity contribution in [3.05, 3.63) is 38.7 Å². The van der Waals surface area contributed by atoms with E-state index in [9.17, 15) is 14.5 Å². The molecule has 0 aliphatic carbocycles. The van der Waals surface area contributed by atoms with Crippen LogP contribution in [-0.2, 0) is 11.3 Å². The molecule has 1 aromatic carbocycles. The third-order valence-electron chi connectivity index (χ3n) is 1.88. The Kier molecular flexibility index (Phi) is 4.20. The van der Waals surface area contributed by atoms with Gasteiger partial charge in [0.1, 0.15) is 0 Å². The molecule has 0 N–H and O–H groups in total. The number of benzene rings is 1. The van der Waals surface area contributed by atoms with Crippen molar-refractivity contribution >= 4 is 17.3 Å². The van der Waals surface area contributed by atoms with Crippen LogP contribution in [0.5, 0.6) is 0 Å². The van der Waals surface area contributed by atoms with Crippen molar-refractivity contribution in [1.29, 1.82) is 0 Å². The number of hydrogen-bond donors (Lipinski definition) is 0. The van der Waals surface area contributed by atoms with Crippen LogP contribution in [0.1, 0.15) is 19.4 Å². The molecule has 88 valence electrons. The first-order valence-electron chi connectivity index (χ1n) is 4.65. The van der Waals surface area contributed by atoms with Crippen molar-refractivity contribution in [2.24, 2.45) is 0 Å². The summed E-state index contributed by atoms with van der Waals surface area (Å²) in [5.74, 6) is -0.941. The molecular formula is C10H11ClFNO3. The largest absolute Gasteiger partial charge is 0.374 e. The van der Waals surface area contributed by atoms with E-state index in [1.807, 2.05) is 13.8 Å². The number of halogens is 2. The topological polar surface area (TPSA) is 52.4 Å². The molecule has 0 atom stereocenters. The molecule has 0 aromatic heterocycles. The summed E-state index contributed by atoms with van der Waals surface area (Å²) in [6.45, 7) is 3.77. The minimum absolute atomic E-state index is 0.0276. The number of ether oxygens (including phenoxy) is 1. The van der Waals surface area contributed by atoms with Gasteiger partial charge in [-0.25, -0.2) is 0 Å². The molecule has 16 heavy (non-hydrogen) atoms. The van der Waals surface area contributed by atoms with E-state index in [0.29, 0.717) is 5.56 Å². The smallest absolute Gasteiger partial charge is 0.305 e. The first-order chi connectivity index (χ1) is 7.41. The van der Waals surface area contributed by atoms with E-state index >= 15 is 0 Å². The Hall–Kier alpha value is -1.20. The highest BCUT2D eigenvalue weighted by atomic mass is 35.5. The highest BCUT2D eigenvalue weighted by molar-refractivity contribution is 6.31. The second kappa shape index (κ2) is 5.23. The fraction of sp³-hybridized carbons (Fsp3) is 0.400. The lowest BCUT2D eigenvalue weighted by Crippen LogP contribution is -2.04. The Bertz CT molecular complexity index is 409. The lowest BCUT2D eigenvalue weighted by molar-refractivity contribution is -0.387. The van der Waals surface area contributed by atoms with Crippen molar-refractivity contribution in [1.82, 2.24) is 0 Å². The van der Waals surface area contributed by atoms with Gasteiger partial charge in [0.2, 0.25) is 5.82 Å². The zero-order chi connectivity index (χ0) is 12.3. The van der Waals surface area contributed by atoms with Crippen LogP contribution < -0.4 is 0 Å². The Labute approximate surface area is 97.1 Å². The monoisotopic (exact) mass is 247 g/mol. The average molecular weight is 248 g/mol. The van der Waals surface area contributed by atoms with Crippen LogP contribution in [0.2, 0.25) is 5.02 Å². The minimum atomic E-state index is -0.941. The second-order valence-electron chi connectivity index (χ2n) is 3.51. The molecule has 0 radical (unpaired) electrons. The van der Waals surface area contributed by atoms with Gasteiger partial charge < -0.3 is 4.74 Å². The molecule has 0 saturated carbocycles. The summed E-state index contributed by atoms with van der Waals surface area (Å²) in [4.78, 5) is 9.72. The van der Waals surface area contributed by atoms with Gasteiger partial charge in [0.25, 0.3) is 0 Å². The lowest BCUT2D eigenvalue weighted by Gasteiger charge is -2.09. The van der Waals surface area contributed by atoms with Crippen molar-refractivity contribution in [2.75, 3.05) is 0 Å². The second-order valence-corrected chi connectivity index (χ2v) is 3.92. The van der Waals surface area contributed by atoms with Crippen LogP contribution in [0.3, 0.4) is 0 Å². The average Bonchev–Trinajstić information content (AvgIpc) is 2.15. The highest BCUT2D eigenvalue weighted by Crippen LogP contribution is 2.26. The fourth-order valence-corrected chi connectivity index (χ4v) is 1.29. The molecule has 6 heteroatoms. The third-order valence-corrected chi connectivity index (χ3v) is 2.24. The number of rotatable bonds is 4. The number of hydrogen-bond acceptors (Lipinski definition) is 3. The maximum atomic E-state index is 13.1. The summed E-state index contributed by atoms with van der Waals surface area (Å²) >= 11 is 5.75. The van der Waals surface area contributed by atoms with Gasteiger partial charge in [0, 0.05) is 16.7 Å². The van der Waals surface area contributed by atoms with E-state index in [1.54, 1.807) is 0 Å². The van der Waals surface area contributed by atoms with E-state index < -0.39 is 16.4 Å². The van der Waals surface area contributed by atoms with Crippen LogP contribution in [0, 0.1) is 15.9 Å². The zero-order valence-electron chi connectivity index (χ0n) is 8.87. The number of nitrogens with zero attached hydrogens (tertiary/aromatic N) is 1. The quantitative estimate of drug-likeness (QED) is 0.606. The predicted octanol–water partition coefficient (Wildman–Crippen LogP) is 3.31. The molecular weight excluding hydrogens is 237 g/mol. The van der Waals surface area contributed by atoms with E-state index in [0.717, 1.165) is 12.1 Å². The molecule has 0 saturated heterocycles. The highest BCUT2D eigenvalue weighted by Gasteiger charge is 2.17. The van der Waals surface area contributed by atoms with Crippen molar-refractivity contribution in [3.8, 4) is 0 Å². The molecule has 4 nitrogen and oxygen atoms in total. The Morgan fingerprint density at radius 1 is 1.56 bits per heavy atom. The Balaban J connectivity index is 3.00. The maximum Gasteiger partial charge on any atom is 0.305 e. The van der Waals surface area contributed by atoms with Gasteiger partial charge in [-0.3, -0.25) is 10.1 Å². The van der Waals surface area contributed by atoms with Gasteiger partial charge in [-0.05, 0) is 19.9 Å². The Morgan fingerprint density at radius 3 is 2.69 bits per heavy atom. The molecule has 0 heterocycles. The van der Waals surface area contributed by atoms with E-state index in [1.165, 1.54) is 0 Å². The summed E-state index contributed by atoms with van der Waals surface area (Å²) in [5.41, 5.74) is -0.185. The lowest BCUT2D eigenvalue weighted by atomic mass is 10.2. The van der Waals surface area contributed by atoms with Crippen LogP contribution in [0.4, 0.5) is 10.1 Å². The van der Waals surface area contributed by atoms with Gasteiger partial charge in [0.05, 0.1) is 17.6 Å². The van der Waals surface area contributed by atoms with E-state index in [4.69, 9.17) is 16.3 Å². The van der Waals surface area contributed by atoms with Gasteiger partial charge in [0.15, 0.2) is 0 Å². The minimum Gasteiger partial charge on any atom is -0.374 e. The summed E-state index contributed by atoms with van der Waals surface area (Å²) in [6.07, 6.45) is -0.0276. The fourth-order valence-electron chi connectivity index (χ4n) is 1.09. The molecule has 1 aromatic rings. The molecule has 1 rings (SSSR count). The summed E-state index contributed by atoms with van der Waals surface area (Å²) in [5, 5.41) is 10.6. The van der Waals surface area contributed by atoms with Crippen molar-refractivity contribution in [2.45, 2.75) is 26.6 Å². The van der Waals surface area contributed by atoms with Crippen LogP contribution in [0.25, 0.3) is 0 Å². The molecule has 0 aliphatic heterocycles. The zero-order valence-corrected chi connectivity index (χ0v) is 9.62. The summed E-state index contributed by atoms with van der Waals surface area (Å²) < 4.78 is 18.4. The normalized spacial score (nSPS) is 10.8.